The lowest BCUT2D eigenvalue weighted by atomic mass is 10.2. The third kappa shape index (κ3) is 5.11. The van der Waals surface area contributed by atoms with Crippen molar-refractivity contribution in [1.82, 2.24) is 0 Å². The van der Waals surface area contributed by atoms with Crippen molar-refractivity contribution >= 4 is 43.2 Å². The van der Waals surface area contributed by atoms with Crippen LogP contribution in [0.1, 0.15) is 10.4 Å². The number of sulfonamides is 1. The predicted octanol–water partition coefficient (Wildman–Crippen LogP) is 4.52. The van der Waals surface area contributed by atoms with E-state index in [1.54, 1.807) is 49.6 Å². The zero-order valence-electron chi connectivity index (χ0n) is 16.2. The van der Waals surface area contributed by atoms with Crippen LogP contribution in [-0.4, -0.2) is 28.5 Å². The summed E-state index contributed by atoms with van der Waals surface area (Å²) in [5.74, 6) is 0.915. The molecule has 9 heteroatoms. The number of benzene rings is 3. The second-order valence-corrected chi connectivity index (χ2v) is 8.70. The number of halogens is 1. The second-order valence-electron chi connectivity index (χ2n) is 6.16. The molecule has 0 atom stereocenters. The van der Waals surface area contributed by atoms with Crippen molar-refractivity contribution in [3.63, 3.8) is 0 Å². The summed E-state index contributed by atoms with van der Waals surface area (Å²) < 4.78 is 38.5. The van der Waals surface area contributed by atoms with Crippen LogP contribution in [-0.2, 0) is 10.0 Å². The van der Waals surface area contributed by atoms with E-state index in [0.717, 1.165) is 0 Å². The molecule has 30 heavy (non-hydrogen) atoms. The van der Waals surface area contributed by atoms with Gasteiger partial charge in [-0.3, -0.25) is 9.52 Å². The molecule has 7 nitrogen and oxygen atoms in total. The first-order valence-corrected chi connectivity index (χ1v) is 11.0. The van der Waals surface area contributed by atoms with Gasteiger partial charge < -0.3 is 14.8 Å². The van der Waals surface area contributed by atoms with Gasteiger partial charge in [-0.2, -0.15) is 0 Å². The molecule has 0 aliphatic rings. The van der Waals surface area contributed by atoms with Crippen molar-refractivity contribution in [2.24, 2.45) is 0 Å². The van der Waals surface area contributed by atoms with Crippen LogP contribution in [0.4, 0.5) is 11.4 Å². The van der Waals surface area contributed by atoms with E-state index in [1.807, 2.05) is 0 Å². The summed E-state index contributed by atoms with van der Waals surface area (Å²) in [7, 11) is -0.692. The highest BCUT2D eigenvalue weighted by Crippen LogP contribution is 2.26. The molecule has 156 valence electrons. The van der Waals surface area contributed by atoms with E-state index in [4.69, 9.17) is 9.47 Å². The van der Waals surface area contributed by atoms with Gasteiger partial charge in [0.25, 0.3) is 15.9 Å². The normalized spacial score (nSPS) is 10.9. The monoisotopic (exact) mass is 490 g/mol. The Morgan fingerprint density at radius 2 is 1.50 bits per heavy atom. The molecule has 0 aliphatic carbocycles. The number of rotatable bonds is 7. The van der Waals surface area contributed by atoms with Crippen molar-refractivity contribution in [1.29, 1.82) is 0 Å². The maximum atomic E-state index is 12.6. The van der Waals surface area contributed by atoms with E-state index >= 15 is 0 Å². The van der Waals surface area contributed by atoms with Crippen molar-refractivity contribution in [2.75, 3.05) is 24.3 Å². The van der Waals surface area contributed by atoms with Gasteiger partial charge in [-0.1, -0.05) is 0 Å². The number of methoxy groups -OCH3 is 2. The third-order valence-corrected chi connectivity index (χ3v) is 6.20. The van der Waals surface area contributed by atoms with Crippen LogP contribution < -0.4 is 19.5 Å². The SMILES string of the molecule is COc1ccc(NS(=O)(=O)c2ccc(NC(=O)c3ccc(OC)c(Br)c3)cc2)cc1. The summed E-state index contributed by atoms with van der Waals surface area (Å²) in [5.41, 5.74) is 1.31. The molecule has 0 bridgehead atoms. The summed E-state index contributed by atoms with van der Waals surface area (Å²) in [5, 5.41) is 2.73. The fourth-order valence-electron chi connectivity index (χ4n) is 2.60. The zero-order valence-corrected chi connectivity index (χ0v) is 18.6. The third-order valence-electron chi connectivity index (χ3n) is 4.18. The number of ether oxygens (including phenoxy) is 2. The van der Waals surface area contributed by atoms with Crippen molar-refractivity contribution in [3.05, 3.63) is 76.8 Å². The summed E-state index contributed by atoms with van der Waals surface area (Å²) in [6.07, 6.45) is 0. The van der Waals surface area contributed by atoms with Gasteiger partial charge in [0.2, 0.25) is 0 Å². The molecule has 0 saturated heterocycles. The molecule has 0 spiro atoms. The Labute approximate surface area is 183 Å². The van der Waals surface area contributed by atoms with Crippen LogP contribution in [0.5, 0.6) is 11.5 Å². The van der Waals surface area contributed by atoms with E-state index < -0.39 is 10.0 Å². The van der Waals surface area contributed by atoms with Crippen LogP contribution >= 0.6 is 15.9 Å². The molecule has 1 amide bonds. The fraction of sp³-hybridized carbons (Fsp3) is 0.0952. The lowest BCUT2D eigenvalue weighted by molar-refractivity contribution is 0.102. The summed E-state index contributed by atoms with van der Waals surface area (Å²) >= 11 is 3.34. The molecule has 0 unspecified atom stereocenters. The molecule has 3 aromatic rings. The van der Waals surface area contributed by atoms with Gasteiger partial charge in [-0.25, -0.2) is 8.42 Å². The zero-order chi connectivity index (χ0) is 21.7. The number of carbonyl (C=O) groups is 1. The first-order chi connectivity index (χ1) is 14.3. The number of hydrogen-bond donors (Lipinski definition) is 2. The van der Waals surface area contributed by atoms with Crippen LogP contribution in [0.15, 0.2) is 76.1 Å². The topological polar surface area (TPSA) is 93.7 Å². The molecular weight excluding hydrogens is 472 g/mol. The van der Waals surface area contributed by atoms with Crippen molar-refractivity contribution in [3.8, 4) is 11.5 Å². The number of amides is 1. The molecule has 0 aromatic heterocycles. The Morgan fingerprint density at radius 3 is 2.07 bits per heavy atom. The van der Waals surface area contributed by atoms with Crippen molar-refractivity contribution in [2.45, 2.75) is 4.90 Å². The molecular formula is C21H19BrN2O5S. The predicted molar refractivity (Wildman–Crippen MR) is 119 cm³/mol. The summed E-state index contributed by atoms with van der Waals surface area (Å²) in [6.45, 7) is 0. The molecule has 3 aromatic carbocycles. The smallest absolute Gasteiger partial charge is 0.261 e. The van der Waals surface area contributed by atoms with E-state index in [-0.39, 0.29) is 10.8 Å². The maximum Gasteiger partial charge on any atom is 0.261 e. The molecule has 2 N–H and O–H groups in total. The lowest BCUT2D eigenvalue weighted by Crippen LogP contribution is -2.14. The van der Waals surface area contributed by atoms with Crippen LogP contribution in [0, 0.1) is 0 Å². The Bertz CT molecular complexity index is 1150. The Kier molecular flexibility index (Phi) is 6.63. The van der Waals surface area contributed by atoms with Crippen LogP contribution in [0.2, 0.25) is 0 Å². The minimum Gasteiger partial charge on any atom is -0.497 e. The average molecular weight is 491 g/mol. The van der Waals surface area contributed by atoms with E-state index in [2.05, 4.69) is 26.0 Å². The molecule has 0 aliphatic heterocycles. The molecule has 0 saturated carbocycles. The van der Waals surface area contributed by atoms with Gasteiger partial charge in [0.15, 0.2) is 0 Å². The first-order valence-electron chi connectivity index (χ1n) is 8.74. The summed E-state index contributed by atoms with van der Waals surface area (Å²) in [4.78, 5) is 12.5. The van der Waals surface area contributed by atoms with E-state index in [9.17, 15) is 13.2 Å². The van der Waals surface area contributed by atoms with E-state index in [0.29, 0.717) is 32.9 Å². The lowest BCUT2D eigenvalue weighted by Gasteiger charge is -2.10. The van der Waals surface area contributed by atoms with Gasteiger partial charge in [0, 0.05) is 16.9 Å². The van der Waals surface area contributed by atoms with Gasteiger partial charge in [0.05, 0.1) is 23.6 Å². The largest absolute Gasteiger partial charge is 0.497 e. The van der Waals surface area contributed by atoms with Crippen LogP contribution in [0.3, 0.4) is 0 Å². The Hall–Kier alpha value is -3.04. The maximum absolute atomic E-state index is 12.6. The number of anilines is 2. The first kappa shape index (κ1) is 21.7. The molecule has 3 rings (SSSR count). The average Bonchev–Trinajstić information content (AvgIpc) is 2.74. The number of carbonyl (C=O) groups excluding carboxylic acids is 1. The van der Waals surface area contributed by atoms with Gasteiger partial charge >= 0.3 is 0 Å². The number of nitrogens with one attached hydrogen (secondary N) is 2. The number of hydrogen-bond acceptors (Lipinski definition) is 5. The highest BCUT2D eigenvalue weighted by Gasteiger charge is 2.15. The Balaban J connectivity index is 1.70. The Morgan fingerprint density at radius 1 is 0.867 bits per heavy atom. The quantitative estimate of drug-likeness (QED) is 0.507. The minimum absolute atomic E-state index is 0.0727. The van der Waals surface area contributed by atoms with Gasteiger partial charge in [-0.05, 0) is 82.7 Å². The van der Waals surface area contributed by atoms with Crippen molar-refractivity contribution < 1.29 is 22.7 Å². The molecule has 0 fully saturated rings. The highest BCUT2D eigenvalue weighted by atomic mass is 79.9. The van der Waals surface area contributed by atoms with E-state index in [1.165, 1.54) is 31.4 Å². The van der Waals surface area contributed by atoms with Crippen LogP contribution in [0.25, 0.3) is 0 Å². The fourth-order valence-corrected chi connectivity index (χ4v) is 4.20. The van der Waals surface area contributed by atoms with Gasteiger partial charge in [0.1, 0.15) is 11.5 Å². The summed E-state index contributed by atoms with van der Waals surface area (Å²) in [6, 6.07) is 17.4. The minimum atomic E-state index is -3.77. The second kappa shape index (κ2) is 9.19. The highest BCUT2D eigenvalue weighted by molar-refractivity contribution is 9.10. The standard InChI is InChI=1S/C21H19BrN2O5S/c1-28-17-8-4-16(5-9-17)24-30(26,27)18-10-6-15(7-11-18)23-21(25)14-3-12-20(29-2)19(22)13-14/h3-13,24H,1-2H3,(H,23,25). The van der Waals surface area contributed by atoms with Gasteiger partial charge in [-0.15, -0.1) is 0 Å². The molecule has 0 heterocycles. The molecule has 0 radical (unpaired) electrons.